The average molecular weight is 285 g/mol. The predicted molar refractivity (Wildman–Crippen MR) is 82.7 cm³/mol. The van der Waals surface area contributed by atoms with Crippen molar-refractivity contribution in [2.75, 3.05) is 6.61 Å². The number of ketones is 1. The summed E-state index contributed by atoms with van der Waals surface area (Å²) in [6.07, 6.45) is 5.08. The molecule has 0 unspecified atom stereocenters. The number of fused-ring (bicyclic) bond motifs is 1. The number of carbonyl (C=O) groups is 2. The van der Waals surface area contributed by atoms with E-state index in [2.05, 4.69) is 0 Å². The van der Waals surface area contributed by atoms with Gasteiger partial charge in [-0.05, 0) is 45.0 Å². The molecule has 1 aromatic carbocycles. The van der Waals surface area contributed by atoms with Crippen LogP contribution in [0.25, 0.3) is 10.9 Å². The summed E-state index contributed by atoms with van der Waals surface area (Å²) in [6, 6.07) is 5.32. The number of carbonyl (C=O) groups excluding carboxylic acids is 2. The molecule has 0 spiro atoms. The number of rotatable bonds is 5. The van der Waals surface area contributed by atoms with Crippen LogP contribution in [0.5, 0.6) is 0 Å². The van der Waals surface area contributed by atoms with Crippen molar-refractivity contribution in [2.24, 2.45) is 0 Å². The number of aromatic nitrogens is 1. The lowest BCUT2D eigenvalue weighted by Gasteiger charge is -2.04. The lowest BCUT2D eigenvalue weighted by Crippen LogP contribution is -2.04. The van der Waals surface area contributed by atoms with E-state index in [0.717, 1.165) is 17.4 Å². The highest BCUT2D eigenvalue weighted by atomic mass is 16.5. The van der Waals surface area contributed by atoms with Gasteiger partial charge in [0.15, 0.2) is 5.78 Å². The minimum absolute atomic E-state index is 0.0595. The highest BCUT2D eigenvalue weighted by Crippen LogP contribution is 2.24. The van der Waals surface area contributed by atoms with Gasteiger partial charge in [0.05, 0.1) is 12.2 Å². The third-order valence-electron chi connectivity index (χ3n) is 3.32. The van der Waals surface area contributed by atoms with Crippen LogP contribution in [0.1, 0.15) is 41.5 Å². The van der Waals surface area contributed by atoms with Crippen molar-refractivity contribution in [1.29, 1.82) is 0 Å². The van der Waals surface area contributed by atoms with Crippen LogP contribution in [0.15, 0.2) is 36.5 Å². The first-order valence-corrected chi connectivity index (χ1v) is 7.09. The Bertz CT molecular complexity index is 710. The van der Waals surface area contributed by atoms with E-state index in [1.807, 2.05) is 23.8 Å². The standard InChI is InChI=1S/C17H19NO3/c1-4-7-16(19)14-11-18(5-2)15-9-8-12(10-13(14)15)17(20)21-6-3/h4,7-11H,5-6H2,1-3H3/b7-4+. The molecule has 21 heavy (non-hydrogen) atoms. The average Bonchev–Trinajstić information content (AvgIpc) is 2.85. The normalized spacial score (nSPS) is 11.2. The fourth-order valence-corrected chi connectivity index (χ4v) is 2.34. The Balaban J connectivity index is 2.60. The van der Waals surface area contributed by atoms with Gasteiger partial charge in [-0.15, -0.1) is 0 Å². The molecule has 0 aliphatic carbocycles. The second-order valence-corrected chi connectivity index (χ2v) is 4.65. The summed E-state index contributed by atoms with van der Waals surface area (Å²) in [7, 11) is 0. The summed E-state index contributed by atoms with van der Waals surface area (Å²) < 4.78 is 7.01. The van der Waals surface area contributed by atoms with Crippen LogP contribution in [0, 0.1) is 0 Å². The van der Waals surface area contributed by atoms with E-state index in [-0.39, 0.29) is 11.8 Å². The Morgan fingerprint density at radius 2 is 2.05 bits per heavy atom. The van der Waals surface area contributed by atoms with E-state index in [1.54, 1.807) is 32.1 Å². The molecule has 0 saturated heterocycles. The molecule has 0 saturated carbocycles. The van der Waals surface area contributed by atoms with Gasteiger partial charge in [0.1, 0.15) is 0 Å². The third kappa shape index (κ3) is 2.89. The Hall–Kier alpha value is -2.36. The van der Waals surface area contributed by atoms with Gasteiger partial charge in [-0.1, -0.05) is 6.08 Å². The van der Waals surface area contributed by atoms with Gasteiger partial charge >= 0.3 is 5.97 Å². The molecule has 0 atom stereocenters. The topological polar surface area (TPSA) is 48.3 Å². The molecule has 0 amide bonds. The highest BCUT2D eigenvalue weighted by Gasteiger charge is 2.15. The zero-order valence-corrected chi connectivity index (χ0v) is 12.6. The molecule has 0 bridgehead atoms. The number of benzene rings is 1. The first kappa shape index (κ1) is 15.0. The van der Waals surface area contributed by atoms with Crippen LogP contribution in [0.3, 0.4) is 0 Å². The molecular weight excluding hydrogens is 266 g/mol. The van der Waals surface area contributed by atoms with Gasteiger partial charge in [0.2, 0.25) is 0 Å². The summed E-state index contributed by atoms with van der Waals surface area (Å²) >= 11 is 0. The summed E-state index contributed by atoms with van der Waals surface area (Å²) in [6.45, 7) is 6.68. The van der Waals surface area contributed by atoms with Gasteiger partial charge in [-0.25, -0.2) is 4.79 Å². The third-order valence-corrected chi connectivity index (χ3v) is 3.32. The first-order chi connectivity index (χ1) is 10.1. The van der Waals surface area contributed by atoms with E-state index in [1.165, 1.54) is 6.08 Å². The summed E-state index contributed by atoms with van der Waals surface area (Å²) in [5.41, 5.74) is 2.02. The van der Waals surface area contributed by atoms with Crippen molar-refractivity contribution in [3.05, 3.63) is 47.7 Å². The SMILES string of the molecule is C/C=C/C(=O)c1cn(CC)c2ccc(C(=O)OCC)cc12. The fraction of sp³-hybridized carbons (Fsp3) is 0.294. The maximum Gasteiger partial charge on any atom is 0.338 e. The van der Waals surface area contributed by atoms with Gasteiger partial charge < -0.3 is 9.30 Å². The first-order valence-electron chi connectivity index (χ1n) is 7.09. The maximum absolute atomic E-state index is 12.2. The lowest BCUT2D eigenvalue weighted by molar-refractivity contribution is 0.0526. The van der Waals surface area contributed by atoms with Crippen LogP contribution in [-0.4, -0.2) is 22.9 Å². The van der Waals surface area contributed by atoms with E-state index in [9.17, 15) is 9.59 Å². The number of allylic oxidation sites excluding steroid dienone is 2. The van der Waals surface area contributed by atoms with Crippen LogP contribution in [-0.2, 0) is 11.3 Å². The number of ether oxygens (including phenoxy) is 1. The van der Waals surface area contributed by atoms with E-state index < -0.39 is 0 Å². The summed E-state index contributed by atoms with van der Waals surface area (Å²) in [5, 5.41) is 0.783. The minimum atomic E-state index is -0.368. The van der Waals surface area contributed by atoms with Crippen molar-refractivity contribution in [2.45, 2.75) is 27.3 Å². The molecule has 0 aliphatic heterocycles. The fourth-order valence-electron chi connectivity index (χ4n) is 2.34. The Kier molecular flexibility index (Phi) is 4.58. The molecule has 2 rings (SSSR count). The van der Waals surface area contributed by atoms with Crippen LogP contribution in [0.2, 0.25) is 0 Å². The summed E-state index contributed by atoms with van der Waals surface area (Å²) in [5.74, 6) is -0.427. The van der Waals surface area contributed by atoms with Crippen molar-refractivity contribution in [3.8, 4) is 0 Å². The molecule has 1 aromatic heterocycles. The Morgan fingerprint density at radius 1 is 1.29 bits per heavy atom. The Labute approximate surface area is 124 Å². The minimum Gasteiger partial charge on any atom is -0.462 e. The molecule has 0 aliphatic rings. The van der Waals surface area contributed by atoms with Gasteiger partial charge in [0, 0.05) is 29.2 Å². The maximum atomic E-state index is 12.2. The largest absolute Gasteiger partial charge is 0.462 e. The van der Waals surface area contributed by atoms with Crippen LogP contribution >= 0.6 is 0 Å². The quantitative estimate of drug-likeness (QED) is 0.479. The molecule has 1 heterocycles. The molecule has 4 nitrogen and oxygen atoms in total. The lowest BCUT2D eigenvalue weighted by atomic mass is 10.1. The second-order valence-electron chi connectivity index (χ2n) is 4.65. The molecular formula is C17H19NO3. The van der Waals surface area contributed by atoms with Crippen molar-refractivity contribution >= 4 is 22.7 Å². The molecule has 2 aromatic rings. The molecule has 4 heteroatoms. The second kappa shape index (κ2) is 6.39. The molecule has 0 fully saturated rings. The number of hydrogen-bond acceptors (Lipinski definition) is 3. The van der Waals surface area contributed by atoms with Gasteiger partial charge in [-0.2, -0.15) is 0 Å². The predicted octanol–water partition coefficient (Wildman–Crippen LogP) is 3.60. The van der Waals surface area contributed by atoms with Crippen LogP contribution < -0.4 is 0 Å². The van der Waals surface area contributed by atoms with Gasteiger partial charge in [-0.3, -0.25) is 4.79 Å². The molecule has 0 N–H and O–H groups in total. The van der Waals surface area contributed by atoms with Gasteiger partial charge in [0.25, 0.3) is 0 Å². The molecule has 110 valence electrons. The van der Waals surface area contributed by atoms with Crippen molar-refractivity contribution < 1.29 is 14.3 Å². The number of esters is 1. The zero-order valence-electron chi connectivity index (χ0n) is 12.6. The van der Waals surface area contributed by atoms with E-state index in [0.29, 0.717) is 17.7 Å². The summed E-state index contributed by atoms with van der Waals surface area (Å²) in [4.78, 5) is 24.0. The Morgan fingerprint density at radius 3 is 2.67 bits per heavy atom. The van der Waals surface area contributed by atoms with E-state index in [4.69, 9.17) is 4.74 Å². The number of aryl methyl sites for hydroxylation is 1. The number of hydrogen-bond donors (Lipinski definition) is 0. The van der Waals surface area contributed by atoms with Crippen molar-refractivity contribution in [3.63, 3.8) is 0 Å². The smallest absolute Gasteiger partial charge is 0.338 e. The number of nitrogens with zero attached hydrogens (tertiary/aromatic N) is 1. The zero-order chi connectivity index (χ0) is 15.4. The highest BCUT2D eigenvalue weighted by molar-refractivity contribution is 6.14. The van der Waals surface area contributed by atoms with Crippen LogP contribution in [0.4, 0.5) is 0 Å². The monoisotopic (exact) mass is 285 g/mol. The van der Waals surface area contributed by atoms with Crippen molar-refractivity contribution in [1.82, 2.24) is 4.57 Å². The molecule has 0 radical (unpaired) electrons. The van der Waals surface area contributed by atoms with E-state index >= 15 is 0 Å².